The number of benzene rings is 1. The van der Waals surface area contributed by atoms with Crippen molar-refractivity contribution < 1.29 is 18.4 Å². The molecule has 0 N–H and O–H groups in total. The fraction of sp³-hybridized carbons (Fsp3) is 0.350. The molecule has 0 radical (unpaired) electrons. The fourth-order valence-electron chi connectivity index (χ4n) is 3.41. The average Bonchev–Trinajstić information content (AvgIpc) is 3.36. The van der Waals surface area contributed by atoms with Crippen LogP contribution in [0.2, 0.25) is 0 Å². The molecule has 1 unspecified atom stereocenters. The van der Waals surface area contributed by atoms with E-state index in [4.69, 9.17) is 9.26 Å². The van der Waals surface area contributed by atoms with Crippen molar-refractivity contribution in [2.24, 2.45) is 7.05 Å². The summed E-state index contributed by atoms with van der Waals surface area (Å²) in [4.78, 5) is 19.2. The molecule has 1 saturated heterocycles. The van der Waals surface area contributed by atoms with Crippen LogP contribution >= 0.6 is 0 Å². The second kappa shape index (κ2) is 7.84. The van der Waals surface area contributed by atoms with Crippen LogP contribution in [0, 0.1) is 5.82 Å². The highest BCUT2D eigenvalue weighted by Crippen LogP contribution is 2.30. The summed E-state index contributed by atoms with van der Waals surface area (Å²) >= 11 is 0. The average molecular weight is 384 g/mol. The summed E-state index contributed by atoms with van der Waals surface area (Å²) in [6.07, 6.45) is 4.59. The van der Waals surface area contributed by atoms with Crippen LogP contribution in [0.15, 0.2) is 47.1 Å². The zero-order valence-corrected chi connectivity index (χ0v) is 15.5. The number of ether oxygens (including phenoxy) is 1. The Hall–Kier alpha value is -3.16. The lowest BCUT2D eigenvalue weighted by molar-refractivity contribution is 0.0587. The molecule has 0 aliphatic carbocycles. The van der Waals surface area contributed by atoms with Crippen LogP contribution in [0.25, 0.3) is 0 Å². The summed E-state index contributed by atoms with van der Waals surface area (Å²) < 4.78 is 25.6. The SMILES string of the molecule is Cn1cccc1C(=O)N1CCCCC1c1noc(COc2ccc(F)cc2)n1. The Morgan fingerprint density at radius 1 is 1.29 bits per heavy atom. The maximum Gasteiger partial charge on any atom is 0.271 e. The van der Waals surface area contributed by atoms with Gasteiger partial charge in [-0.05, 0) is 55.7 Å². The van der Waals surface area contributed by atoms with Crippen LogP contribution in [0.4, 0.5) is 4.39 Å². The van der Waals surface area contributed by atoms with Crippen LogP contribution in [0.3, 0.4) is 0 Å². The van der Waals surface area contributed by atoms with Crippen molar-refractivity contribution in [1.82, 2.24) is 19.6 Å². The van der Waals surface area contributed by atoms with Crippen LogP contribution in [0.1, 0.15) is 47.5 Å². The lowest BCUT2D eigenvalue weighted by Crippen LogP contribution is -2.39. The zero-order valence-electron chi connectivity index (χ0n) is 15.5. The number of carbonyl (C=O) groups is 1. The van der Waals surface area contributed by atoms with Crippen LogP contribution in [0.5, 0.6) is 5.75 Å². The van der Waals surface area contributed by atoms with E-state index in [1.54, 1.807) is 0 Å². The van der Waals surface area contributed by atoms with Gasteiger partial charge in [0.25, 0.3) is 11.8 Å². The Balaban J connectivity index is 1.47. The maximum absolute atomic E-state index is 13.0. The molecule has 1 atom stereocenters. The molecule has 1 amide bonds. The second-order valence-corrected chi connectivity index (χ2v) is 6.80. The number of amides is 1. The first kappa shape index (κ1) is 18.2. The van der Waals surface area contributed by atoms with E-state index < -0.39 is 0 Å². The number of aromatic nitrogens is 3. The van der Waals surface area contributed by atoms with Crippen LogP contribution in [-0.2, 0) is 13.7 Å². The third-order valence-corrected chi connectivity index (χ3v) is 4.88. The van der Waals surface area contributed by atoms with Gasteiger partial charge >= 0.3 is 0 Å². The Morgan fingerprint density at radius 2 is 2.11 bits per heavy atom. The quantitative estimate of drug-likeness (QED) is 0.673. The van der Waals surface area contributed by atoms with Crippen molar-refractivity contribution in [3.05, 3.63) is 65.8 Å². The molecule has 1 aliphatic heterocycles. The molecule has 1 aliphatic rings. The number of hydrogen-bond acceptors (Lipinski definition) is 5. The van der Waals surface area contributed by atoms with Crippen molar-refractivity contribution in [1.29, 1.82) is 0 Å². The fourth-order valence-corrected chi connectivity index (χ4v) is 3.41. The number of carbonyl (C=O) groups excluding carboxylic acids is 1. The molecule has 0 spiro atoms. The normalized spacial score (nSPS) is 16.9. The van der Waals surface area contributed by atoms with E-state index in [2.05, 4.69) is 10.1 Å². The summed E-state index contributed by atoms with van der Waals surface area (Å²) in [6.45, 7) is 0.738. The minimum atomic E-state index is -0.326. The number of aryl methyl sites for hydroxylation is 1. The van der Waals surface area contributed by atoms with E-state index >= 15 is 0 Å². The minimum absolute atomic E-state index is 0.0360. The largest absolute Gasteiger partial charge is 0.484 e. The summed E-state index contributed by atoms with van der Waals surface area (Å²) in [5.41, 5.74) is 0.635. The van der Waals surface area contributed by atoms with E-state index in [0.29, 0.717) is 29.7 Å². The van der Waals surface area contributed by atoms with Gasteiger partial charge in [-0.1, -0.05) is 5.16 Å². The van der Waals surface area contributed by atoms with Crippen LogP contribution in [-0.4, -0.2) is 32.1 Å². The third kappa shape index (κ3) is 3.76. The van der Waals surface area contributed by atoms with E-state index in [1.165, 1.54) is 24.3 Å². The van der Waals surface area contributed by atoms with E-state index in [0.717, 1.165) is 19.3 Å². The van der Waals surface area contributed by atoms with Gasteiger partial charge in [-0.25, -0.2) is 4.39 Å². The van der Waals surface area contributed by atoms with Gasteiger partial charge < -0.3 is 18.7 Å². The molecule has 146 valence electrons. The number of likely N-dealkylation sites (tertiary alicyclic amines) is 1. The molecule has 4 rings (SSSR count). The Bertz CT molecular complexity index is 951. The predicted octanol–water partition coefficient (Wildman–Crippen LogP) is 3.49. The van der Waals surface area contributed by atoms with Crippen LogP contribution < -0.4 is 4.74 Å². The highest BCUT2D eigenvalue weighted by Gasteiger charge is 2.32. The van der Waals surface area contributed by atoms with Gasteiger partial charge in [0, 0.05) is 19.8 Å². The van der Waals surface area contributed by atoms with Gasteiger partial charge in [0.05, 0.1) is 6.04 Å². The first-order valence-corrected chi connectivity index (χ1v) is 9.25. The monoisotopic (exact) mass is 384 g/mol. The Kier molecular flexibility index (Phi) is 5.10. The van der Waals surface area contributed by atoms with E-state index in [1.807, 2.05) is 34.8 Å². The molecule has 3 heterocycles. The van der Waals surface area contributed by atoms with Gasteiger partial charge in [-0.3, -0.25) is 4.79 Å². The highest BCUT2D eigenvalue weighted by molar-refractivity contribution is 5.93. The summed E-state index contributed by atoms with van der Waals surface area (Å²) in [5, 5.41) is 4.08. The molecule has 0 saturated carbocycles. The number of hydrogen-bond donors (Lipinski definition) is 0. The molecule has 3 aromatic rings. The number of rotatable bonds is 5. The van der Waals surface area contributed by atoms with Crippen molar-refractivity contribution >= 4 is 5.91 Å². The van der Waals surface area contributed by atoms with Gasteiger partial charge in [0.1, 0.15) is 17.3 Å². The molecule has 1 aromatic carbocycles. The second-order valence-electron chi connectivity index (χ2n) is 6.80. The minimum Gasteiger partial charge on any atom is -0.484 e. The van der Waals surface area contributed by atoms with E-state index in [-0.39, 0.29) is 24.4 Å². The summed E-state index contributed by atoms with van der Waals surface area (Å²) in [7, 11) is 1.85. The Morgan fingerprint density at radius 3 is 2.86 bits per heavy atom. The van der Waals surface area contributed by atoms with Gasteiger partial charge in [-0.2, -0.15) is 4.98 Å². The first-order valence-electron chi connectivity index (χ1n) is 9.25. The molecule has 7 nitrogen and oxygen atoms in total. The molecular formula is C20H21FN4O3. The summed E-state index contributed by atoms with van der Waals surface area (Å²) in [5.74, 6) is 0.953. The molecule has 1 fully saturated rings. The van der Waals surface area contributed by atoms with Crippen molar-refractivity contribution in [2.45, 2.75) is 31.9 Å². The number of piperidine rings is 1. The number of halogens is 1. The lowest BCUT2D eigenvalue weighted by Gasteiger charge is -2.33. The van der Waals surface area contributed by atoms with Crippen molar-refractivity contribution in [2.75, 3.05) is 6.54 Å². The highest BCUT2D eigenvalue weighted by atomic mass is 19.1. The predicted molar refractivity (Wildman–Crippen MR) is 98.1 cm³/mol. The molecule has 0 bridgehead atoms. The molecule has 2 aromatic heterocycles. The Labute approximate surface area is 161 Å². The van der Waals surface area contributed by atoms with Crippen molar-refractivity contribution in [3.63, 3.8) is 0 Å². The zero-order chi connectivity index (χ0) is 19.5. The lowest BCUT2D eigenvalue weighted by atomic mass is 10.0. The smallest absolute Gasteiger partial charge is 0.271 e. The van der Waals surface area contributed by atoms with Gasteiger partial charge in [0.15, 0.2) is 12.4 Å². The first-order chi connectivity index (χ1) is 13.6. The van der Waals surface area contributed by atoms with Gasteiger partial charge in [-0.15, -0.1) is 0 Å². The molecular weight excluding hydrogens is 363 g/mol. The van der Waals surface area contributed by atoms with Crippen molar-refractivity contribution in [3.8, 4) is 5.75 Å². The topological polar surface area (TPSA) is 73.4 Å². The maximum atomic E-state index is 13.0. The third-order valence-electron chi connectivity index (χ3n) is 4.88. The molecule has 8 heteroatoms. The number of nitrogens with zero attached hydrogens (tertiary/aromatic N) is 4. The van der Waals surface area contributed by atoms with Gasteiger partial charge in [0.2, 0.25) is 0 Å². The standard InChI is InChI=1S/C20H21FN4O3/c1-24-11-4-6-17(24)20(26)25-12-3-2-5-16(25)19-22-18(28-23-19)13-27-15-9-7-14(21)8-10-15/h4,6-11,16H,2-3,5,12-13H2,1H3. The molecule has 28 heavy (non-hydrogen) atoms. The summed E-state index contributed by atoms with van der Waals surface area (Å²) in [6, 6.07) is 9.16. The van der Waals surface area contributed by atoms with E-state index in [9.17, 15) is 9.18 Å².